The van der Waals surface area contributed by atoms with Crippen LogP contribution < -0.4 is 35.2 Å². The van der Waals surface area contributed by atoms with Gasteiger partial charge in [0.25, 0.3) is 0 Å². The molecule has 0 heterocycles. The van der Waals surface area contributed by atoms with E-state index < -0.39 is 25.6 Å². The third-order valence-corrected chi connectivity index (χ3v) is 36.6. The standard InChI is InChI=1S/2C13H13.C12H10Si.2ClH.Hf/c2*1-10-8-11(2)13(9-10)12-6-4-3-5-7-12;1-3-7-11(8-4-1)13-12-9-5-2-6-10-12;;;/h2*3-7,9-10H,1-2H3;1-10H;2*1H;/q;;;;;+2/p-2. The van der Waals surface area contributed by atoms with Gasteiger partial charge >= 0.3 is 249 Å². The Labute approximate surface area is 271 Å². The second-order valence-corrected chi connectivity index (χ2v) is 29.0. The smallest absolute Gasteiger partial charge is 1.00 e. The van der Waals surface area contributed by atoms with Crippen molar-refractivity contribution < 1.29 is 44.9 Å². The topological polar surface area (TPSA) is 0 Å². The molecule has 0 fully saturated rings. The zero-order chi connectivity index (χ0) is 27.6. The molecule has 2 aliphatic rings. The van der Waals surface area contributed by atoms with Crippen LogP contribution in [0.5, 0.6) is 0 Å². The van der Waals surface area contributed by atoms with Gasteiger partial charge in [0, 0.05) is 0 Å². The molecule has 4 heteroatoms. The van der Waals surface area contributed by atoms with Gasteiger partial charge in [-0.1, -0.05) is 0 Å². The number of rotatable bonds is 6. The largest absolute Gasteiger partial charge is 1.00 e. The zero-order valence-corrected chi connectivity index (χ0v) is 30.7. The quantitative estimate of drug-likeness (QED) is 0.265. The Morgan fingerprint density at radius 2 is 0.786 bits per heavy atom. The third-order valence-electron chi connectivity index (χ3n) is 8.44. The Morgan fingerprint density at radius 1 is 0.476 bits per heavy atom. The maximum atomic E-state index is 2.57. The van der Waals surface area contributed by atoms with E-state index >= 15 is 0 Å². The van der Waals surface area contributed by atoms with Crippen LogP contribution in [0.4, 0.5) is 0 Å². The fraction of sp³-hybridized carbons (Fsp3) is 0.158. The molecule has 0 aromatic heterocycles. The summed E-state index contributed by atoms with van der Waals surface area (Å²) in [5.41, 5.74) is 7.71. The van der Waals surface area contributed by atoms with E-state index in [1.807, 2.05) is 6.66 Å². The van der Waals surface area contributed by atoms with Gasteiger partial charge in [-0.25, -0.2) is 0 Å². The van der Waals surface area contributed by atoms with Crippen molar-refractivity contribution in [3.63, 3.8) is 0 Å². The average molecular weight is 770 g/mol. The normalized spacial score (nSPS) is 17.5. The minimum Gasteiger partial charge on any atom is -1.00 e. The number of hydrogen-bond donors (Lipinski definition) is 0. The molecule has 0 amide bonds. The van der Waals surface area contributed by atoms with E-state index in [1.54, 1.807) is 21.5 Å². The Balaban J connectivity index is 0.00000202. The van der Waals surface area contributed by atoms with E-state index in [1.165, 1.54) is 22.3 Å². The molecule has 0 aliphatic heterocycles. The van der Waals surface area contributed by atoms with Crippen molar-refractivity contribution in [1.29, 1.82) is 0 Å². The van der Waals surface area contributed by atoms with Gasteiger partial charge in [-0.2, -0.15) is 0 Å². The number of halogens is 2. The molecule has 6 rings (SSSR count). The Bertz CT molecular complexity index is 1570. The minimum atomic E-state index is -2.80. The van der Waals surface area contributed by atoms with Crippen molar-refractivity contribution in [2.45, 2.75) is 27.7 Å². The molecule has 0 radical (unpaired) electrons. The molecule has 0 bridgehead atoms. The van der Waals surface area contributed by atoms with Crippen molar-refractivity contribution in [2.24, 2.45) is 11.8 Å². The van der Waals surface area contributed by atoms with Crippen molar-refractivity contribution in [2.75, 3.05) is 0 Å². The van der Waals surface area contributed by atoms with Gasteiger partial charge in [-0.05, 0) is 0 Å². The van der Waals surface area contributed by atoms with E-state index in [0.717, 1.165) is 0 Å². The molecular formula is C38H36Cl2HfSi. The van der Waals surface area contributed by atoms with E-state index in [9.17, 15) is 0 Å². The van der Waals surface area contributed by atoms with Crippen LogP contribution in [0.15, 0.2) is 151 Å². The van der Waals surface area contributed by atoms with Crippen molar-refractivity contribution in [3.05, 3.63) is 162 Å². The van der Waals surface area contributed by atoms with Crippen LogP contribution in [0.3, 0.4) is 0 Å². The van der Waals surface area contributed by atoms with Gasteiger partial charge in [0.2, 0.25) is 0 Å². The summed E-state index contributed by atoms with van der Waals surface area (Å²) < 4.78 is 3.63. The summed E-state index contributed by atoms with van der Waals surface area (Å²) in [6.45, 7) is 9.80. The van der Waals surface area contributed by atoms with Crippen LogP contribution in [0.2, 0.25) is 0 Å². The van der Waals surface area contributed by atoms with E-state index in [-0.39, 0.29) is 24.8 Å². The molecule has 0 nitrogen and oxygen atoms in total. The first-order valence-corrected chi connectivity index (χ1v) is 24.9. The molecule has 0 N–H and O–H groups in total. The summed E-state index contributed by atoms with van der Waals surface area (Å²) in [5.74, 6) is 0.941. The molecule has 4 aromatic carbocycles. The fourth-order valence-corrected chi connectivity index (χ4v) is 40.2. The molecule has 4 aromatic rings. The van der Waals surface area contributed by atoms with E-state index in [0.29, 0.717) is 11.8 Å². The number of allylic oxidation sites excluding steroid dienone is 8. The van der Waals surface area contributed by atoms with Crippen molar-refractivity contribution in [3.8, 4) is 0 Å². The molecule has 2 aliphatic carbocycles. The van der Waals surface area contributed by atoms with Gasteiger partial charge in [0.05, 0.1) is 0 Å². The molecule has 42 heavy (non-hydrogen) atoms. The maximum absolute atomic E-state index is 2.80. The molecule has 0 spiro atoms. The van der Waals surface area contributed by atoms with Crippen LogP contribution in [0.1, 0.15) is 38.8 Å². The van der Waals surface area contributed by atoms with E-state index in [4.69, 9.17) is 0 Å². The molecule has 2 unspecified atom stereocenters. The summed E-state index contributed by atoms with van der Waals surface area (Å²) in [6.07, 6.45) is 5.14. The number of hydrogen-bond acceptors (Lipinski definition) is 0. The predicted octanol–water partition coefficient (Wildman–Crippen LogP) is 2.43. The average Bonchev–Trinajstić information content (AvgIpc) is 3.47. The molecule has 2 atom stereocenters. The van der Waals surface area contributed by atoms with Gasteiger partial charge < -0.3 is 24.8 Å². The molecule has 0 saturated carbocycles. The van der Waals surface area contributed by atoms with Crippen LogP contribution in [-0.4, -0.2) is 5.49 Å². The SMILES string of the molecule is CC1=[C]([Hf+2]([C]2=C(C)C(c3ccccc3)=CC2C)=[Si](c2ccccc2)c2ccccc2)C(C)C=C1c1ccccc1.[Cl-].[Cl-]. The first-order chi connectivity index (χ1) is 19.5. The maximum Gasteiger partial charge on any atom is -1.00 e. The monoisotopic (exact) mass is 770 g/mol. The molecule has 0 saturated heterocycles. The Morgan fingerprint density at radius 3 is 1.12 bits per heavy atom. The van der Waals surface area contributed by atoms with Crippen LogP contribution in [-0.2, 0) is 20.1 Å². The summed E-state index contributed by atoms with van der Waals surface area (Å²) in [7, 11) is 0. The van der Waals surface area contributed by atoms with E-state index in [2.05, 4.69) is 161 Å². The zero-order valence-electron chi connectivity index (χ0n) is 24.6. The van der Waals surface area contributed by atoms with Gasteiger partial charge in [-0.3, -0.25) is 0 Å². The van der Waals surface area contributed by atoms with Crippen LogP contribution in [0.25, 0.3) is 11.1 Å². The minimum absolute atomic E-state index is 0. The summed E-state index contributed by atoms with van der Waals surface area (Å²) in [4.78, 5) is 0. The van der Waals surface area contributed by atoms with Gasteiger partial charge in [-0.15, -0.1) is 0 Å². The first-order valence-electron chi connectivity index (χ1n) is 14.4. The first kappa shape index (κ1) is 32.4. The third kappa shape index (κ3) is 6.24. The molecular weight excluding hydrogens is 734 g/mol. The second kappa shape index (κ2) is 14.3. The summed E-state index contributed by atoms with van der Waals surface area (Å²) >= 11 is -2.80. The second-order valence-electron chi connectivity index (χ2n) is 11.0. The predicted molar refractivity (Wildman–Crippen MR) is 170 cm³/mol. The Hall–Kier alpha value is -2.49. The van der Waals surface area contributed by atoms with Crippen LogP contribution in [0, 0.1) is 11.8 Å². The fourth-order valence-electron chi connectivity index (χ4n) is 6.66. The van der Waals surface area contributed by atoms with Crippen molar-refractivity contribution in [1.82, 2.24) is 0 Å². The summed E-state index contributed by atoms with van der Waals surface area (Å²) in [5, 5.41) is 3.14. The van der Waals surface area contributed by atoms with Gasteiger partial charge in [0.1, 0.15) is 0 Å². The van der Waals surface area contributed by atoms with Crippen LogP contribution >= 0.6 is 0 Å². The van der Waals surface area contributed by atoms with Gasteiger partial charge in [0.15, 0.2) is 0 Å². The number of benzene rings is 4. The molecule has 210 valence electrons. The summed E-state index contributed by atoms with van der Waals surface area (Å²) in [6, 6.07) is 45.2. The Kier molecular flexibility index (Phi) is 11.1. The van der Waals surface area contributed by atoms with Crippen molar-refractivity contribution >= 4 is 27.0 Å².